The number of carbonyl (C=O) groups excluding carboxylic acids is 1. The lowest BCUT2D eigenvalue weighted by molar-refractivity contribution is -0.130. The molecule has 0 bridgehead atoms. The van der Waals surface area contributed by atoms with E-state index >= 15 is 0 Å². The molecule has 1 N–H and O–H groups in total. The smallest absolute Gasteiger partial charge is 0.136 e. The molecule has 0 aliphatic heterocycles. The molecule has 3 aliphatic carbocycles. The quantitative estimate of drug-likeness (QED) is 0.785. The second kappa shape index (κ2) is 6.26. The van der Waals surface area contributed by atoms with Crippen LogP contribution in [0.4, 0.5) is 0 Å². The van der Waals surface area contributed by atoms with Gasteiger partial charge >= 0.3 is 0 Å². The molecule has 0 radical (unpaired) electrons. The fourth-order valence-electron chi connectivity index (χ4n) is 6.14. The summed E-state index contributed by atoms with van der Waals surface area (Å²) in [7, 11) is 0. The van der Waals surface area contributed by atoms with Crippen molar-refractivity contribution in [2.24, 2.45) is 23.2 Å². The van der Waals surface area contributed by atoms with E-state index in [4.69, 9.17) is 0 Å². The molecule has 126 valence electrons. The molecular formula is C20H34O2. The summed E-state index contributed by atoms with van der Waals surface area (Å²) in [6.07, 6.45) is 13.4. The fourth-order valence-corrected chi connectivity index (χ4v) is 6.14. The Morgan fingerprint density at radius 3 is 2.64 bits per heavy atom. The van der Waals surface area contributed by atoms with Gasteiger partial charge in [-0.05, 0) is 62.2 Å². The van der Waals surface area contributed by atoms with E-state index in [-0.39, 0.29) is 11.0 Å². The Labute approximate surface area is 136 Å². The van der Waals surface area contributed by atoms with Crippen molar-refractivity contribution in [2.45, 2.75) is 96.5 Å². The molecule has 3 aliphatic rings. The molecule has 3 rings (SSSR count). The topological polar surface area (TPSA) is 37.3 Å². The number of rotatable bonds is 5. The standard InChI is InChI=1S/C20H34O2/c1-15(7-5-14-20(22)12-3-4-13-20)16-9-10-17-18(21)8-6-11-19(16,17)2/h15-17,22H,3-14H2,1-2H3/t15-,16+,17-,19+/m0/s1. The Bertz CT molecular complexity index is 410. The fraction of sp³-hybridized carbons (Fsp3) is 0.950. The Morgan fingerprint density at radius 2 is 1.91 bits per heavy atom. The van der Waals surface area contributed by atoms with Gasteiger partial charge in [0.05, 0.1) is 5.60 Å². The zero-order valence-electron chi connectivity index (χ0n) is 14.6. The van der Waals surface area contributed by atoms with Crippen molar-refractivity contribution in [1.82, 2.24) is 0 Å². The number of hydrogen-bond donors (Lipinski definition) is 1. The highest BCUT2D eigenvalue weighted by atomic mass is 16.3. The summed E-state index contributed by atoms with van der Waals surface area (Å²) in [5.74, 6) is 2.32. The summed E-state index contributed by atoms with van der Waals surface area (Å²) >= 11 is 0. The molecule has 0 aromatic heterocycles. The molecule has 0 aromatic rings. The molecule has 0 saturated heterocycles. The number of hydrogen-bond acceptors (Lipinski definition) is 2. The van der Waals surface area contributed by atoms with Crippen LogP contribution < -0.4 is 0 Å². The van der Waals surface area contributed by atoms with E-state index in [1.165, 1.54) is 32.1 Å². The maximum Gasteiger partial charge on any atom is 0.136 e. The number of fused-ring (bicyclic) bond motifs is 1. The van der Waals surface area contributed by atoms with Gasteiger partial charge in [0.2, 0.25) is 0 Å². The Balaban J connectivity index is 1.54. The van der Waals surface area contributed by atoms with Crippen LogP contribution in [0.5, 0.6) is 0 Å². The molecule has 4 atom stereocenters. The van der Waals surface area contributed by atoms with Gasteiger partial charge in [-0.3, -0.25) is 4.79 Å². The van der Waals surface area contributed by atoms with Crippen LogP contribution in [-0.4, -0.2) is 16.5 Å². The van der Waals surface area contributed by atoms with Crippen molar-refractivity contribution < 1.29 is 9.90 Å². The minimum absolute atomic E-state index is 0.277. The summed E-state index contributed by atoms with van der Waals surface area (Å²) in [4.78, 5) is 12.2. The molecule has 0 spiro atoms. The minimum Gasteiger partial charge on any atom is -0.390 e. The molecule has 2 nitrogen and oxygen atoms in total. The van der Waals surface area contributed by atoms with Crippen molar-refractivity contribution in [3.63, 3.8) is 0 Å². The summed E-state index contributed by atoms with van der Waals surface area (Å²) in [6, 6.07) is 0. The first-order valence-electron chi connectivity index (χ1n) is 9.70. The van der Waals surface area contributed by atoms with Crippen LogP contribution in [0.1, 0.15) is 90.9 Å². The molecule has 22 heavy (non-hydrogen) atoms. The molecule has 0 aromatic carbocycles. The average Bonchev–Trinajstić information content (AvgIpc) is 3.03. The lowest BCUT2D eigenvalue weighted by Gasteiger charge is -2.42. The maximum atomic E-state index is 12.2. The summed E-state index contributed by atoms with van der Waals surface area (Å²) in [5.41, 5.74) is -0.0678. The minimum atomic E-state index is -0.345. The van der Waals surface area contributed by atoms with E-state index in [1.807, 2.05) is 0 Å². The van der Waals surface area contributed by atoms with Crippen LogP contribution in [0, 0.1) is 23.2 Å². The van der Waals surface area contributed by atoms with Crippen molar-refractivity contribution in [2.75, 3.05) is 0 Å². The largest absolute Gasteiger partial charge is 0.390 e. The van der Waals surface area contributed by atoms with Gasteiger partial charge in [-0.1, -0.05) is 39.5 Å². The first-order valence-corrected chi connectivity index (χ1v) is 9.70. The highest BCUT2D eigenvalue weighted by molar-refractivity contribution is 5.83. The van der Waals surface area contributed by atoms with Crippen LogP contribution in [0.15, 0.2) is 0 Å². The van der Waals surface area contributed by atoms with Crippen LogP contribution in [-0.2, 0) is 4.79 Å². The van der Waals surface area contributed by atoms with Gasteiger partial charge in [0, 0.05) is 12.3 Å². The van der Waals surface area contributed by atoms with Crippen LogP contribution >= 0.6 is 0 Å². The van der Waals surface area contributed by atoms with Gasteiger partial charge in [0.25, 0.3) is 0 Å². The first-order chi connectivity index (χ1) is 10.4. The van der Waals surface area contributed by atoms with Crippen LogP contribution in [0.2, 0.25) is 0 Å². The second-order valence-electron chi connectivity index (χ2n) is 8.86. The van der Waals surface area contributed by atoms with E-state index in [0.29, 0.717) is 17.6 Å². The molecule has 2 heteroatoms. The molecule has 0 amide bonds. The second-order valence-corrected chi connectivity index (χ2v) is 8.86. The molecule has 3 fully saturated rings. The summed E-state index contributed by atoms with van der Waals surface area (Å²) < 4.78 is 0. The Kier molecular flexibility index (Phi) is 4.69. The van der Waals surface area contributed by atoms with Gasteiger partial charge in [-0.15, -0.1) is 0 Å². The lowest BCUT2D eigenvalue weighted by atomic mass is 9.62. The zero-order valence-corrected chi connectivity index (χ0v) is 14.6. The summed E-state index contributed by atoms with van der Waals surface area (Å²) in [5, 5.41) is 10.5. The Hall–Kier alpha value is -0.370. The van der Waals surface area contributed by atoms with E-state index < -0.39 is 0 Å². The third-order valence-corrected chi connectivity index (χ3v) is 7.46. The molecule has 0 unspecified atom stereocenters. The highest BCUT2D eigenvalue weighted by Crippen LogP contribution is 2.57. The molecular weight excluding hydrogens is 272 g/mol. The van der Waals surface area contributed by atoms with Gasteiger partial charge in [-0.2, -0.15) is 0 Å². The normalized spacial score (nSPS) is 39.0. The van der Waals surface area contributed by atoms with Crippen LogP contribution in [0.25, 0.3) is 0 Å². The van der Waals surface area contributed by atoms with E-state index in [9.17, 15) is 9.90 Å². The molecule has 0 heterocycles. The SMILES string of the molecule is C[C@@H](CCCC1(O)CCCC1)[C@H]1CC[C@H]2C(=O)CCC[C@]12C. The highest BCUT2D eigenvalue weighted by Gasteiger charge is 2.52. The number of ketones is 1. The van der Waals surface area contributed by atoms with Gasteiger partial charge in [0.15, 0.2) is 0 Å². The molecule has 3 saturated carbocycles. The van der Waals surface area contributed by atoms with E-state index in [2.05, 4.69) is 13.8 Å². The van der Waals surface area contributed by atoms with Crippen molar-refractivity contribution >= 4 is 5.78 Å². The third-order valence-electron chi connectivity index (χ3n) is 7.46. The van der Waals surface area contributed by atoms with Crippen molar-refractivity contribution in [3.05, 3.63) is 0 Å². The Morgan fingerprint density at radius 1 is 1.18 bits per heavy atom. The van der Waals surface area contributed by atoms with E-state index in [1.54, 1.807) is 0 Å². The predicted octanol–water partition coefficient (Wildman–Crippen LogP) is 4.88. The van der Waals surface area contributed by atoms with E-state index in [0.717, 1.165) is 50.9 Å². The van der Waals surface area contributed by atoms with Gasteiger partial charge < -0.3 is 5.11 Å². The maximum absolute atomic E-state index is 12.2. The zero-order chi connectivity index (χ0) is 15.8. The third kappa shape index (κ3) is 3.00. The van der Waals surface area contributed by atoms with Crippen molar-refractivity contribution in [3.8, 4) is 0 Å². The number of Topliss-reactive ketones (excluding diaryl/α,β-unsaturated/α-hetero) is 1. The predicted molar refractivity (Wildman–Crippen MR) is 89.6 cm³/mol. The average molecular weight is 306 g/mol. The van der Waals surface area contributed by atoms with Crippen molar-refractivity contribution in [1.29, 1.82) is 0 Å². The monoisotopic (exact) mass is 306 g/mol. The number of carbonyl (C=O) groups is 1. The van der Waals surface area contributed by atoms with Gasteiger partial charge in [0.1, 0.15) is 5.78 Å². The van der Waals surface area contributed by atoms with Crippen LogP contribution in [0.3, 0.4) is 0 Å². The lowest BCUT2D eigenvalue weighted by Crippen LogP contribution is -2.39. The number of aliphatic hydroxyl groups is 1. The summed E-state index contributed by atoms with van der Waals surface area (Å²) in [6.45, 7) is 4.80. The van der Waals surface area contributed by atoms with Gasteiger partial charge in [-0.25, -0.2) is 0 Å². The first kappa shape index (κ1) is 16.5.